The van der Waals surface area contributed by atoms with Gasteiger partial charge in [0.05, 0.1) is 42.7 Å². The molecule has 288 valence electrons. The van der Waals surface area contributed by atoms with Crippen molar-refractivity contribution in [3.63, 3.8) is 0 Å². The molecule has 51 heavy (non-hydrogen) atoms. The summed E-state index contributed by atoms with van der Waals surface area (Å²) in [6.45, 7) is 11.7. The highest BCUT2D eigenvalue weighted by Gasteiger charge is 2.43. The van der Waals surface area contributed by atoms with Crippen molar-refractivity contribution in [2.45, 2.75) is 116 Å². The number of nitrogens with zero attached hydrogens (tertiary/aromatic N) is 3. The van der Waals surface area contributed by atoms with Crippen LogP contribution in [0.1, 0.15) is 72.8 Å². The average molecular weight is 718 g/mol. The van der Waals surface area contributed by atoms with Crippen molar-refractivity contribution in [2.75, 3.05) is 41.9 Å². The molecule has 1 aliphatic heterocycles. The highest BCUT2D eigenvalue weighted by atomic mass is 16.5. The van der Waals surface area contributed by atoms with Crippen molar-refractivity contribution in [3.05, 3.63) is 35.9 Å². The third kappa shape index (κ3) is 11.7. The first-order valence-corrected chi connectivity index (χ1v) is 18.2. The van der Waals surface area contributed by atoms with E-state index in [1.807, 2.05) is 58.0 Å². The van der Waals surface area contributed by atoms with E-state index in [1.165, 1.54) is 14.2 Å². The van der Waals surface area contributed by atoms with Crippen LogP contribution in [0, 0.1) is 17.8 Å². The number of likely N-dealkylation sites (tertiary alicyclic amines) is 1. The molecule has 4 amide bonds. The van der Waals surface area contributed by atoms with Crippen molar-refractivity contribution >= 4 is 29.6 Å². The molecule has 1 heterocycles. The van der Waals surface area contributed by atoms with Crippen LogP contribution in [0.4, 0.5) is 0 Å². The van der Waals surface area contributed by atoms with Crippen LogP contribution in [-0.4, -0.2) is 134 Å². The summed E-state index contributed by atoms with van der Waals surface area (Å²) < 4.78 is 11.8. The number of ether oxygens (including phenoxy) is 2. The Balaban J connectivity index is 2.25. The van der Waals surface area contributed by atoms with Gasteiger partial charge in [0.2, 0.25) is 23.6 Å². The minimum atomic E-state index is -1.14. The fraction of sp³-hybridized carbons (Fsp3) is 0.711. The van der Waals surface area contributed by atoms with Crippen LogP contribution in [0.5, 0.6) is 0 Å². The monoisotopic (exact) mass is 717 g/mol. The van der Waals surface area contributed by atoms with Crippen LogP contribution >= 0.6 is 0 Å². The fourth-order valence-electron chi connectivity index (χ4n) is 6.90. The van der Waals surface area contributed by atoms with Crippen LogP contribution in [0.15, 0.2) is 30.3 Å². The quantitative estimate of drug-likeness (QED) is 0.185. The Morgan fingerprint density at radius 3 is 2.08 bits per heavy atom. The van der Waals surface area contributed by atoms with Crippen LogP contribution in [-0.2, 0) is 39.9 Å². The molecule has 0 aliphatic carbocycles. The largest absolute Gasteiger partial charge is 0.480 e. The maximum absolute atomic E-state index is 14.1. The molecular formula is C38H63N5O8. The molecule has 1 aliphatic rings. The molecule has 9 atom stereocenters. The van der Waals surface area contributed by atoms with Crippen LogP contribution in [0.25, 0.3) is 0 Å². The highest BCUT2D eigenvalue weighted by molar-refractivity contribution is 5.90. The van der Waals surface area contributed by atoms with E-state index in [4.69, 9.17) is 9.47 Å². The number of methoxy groups -OCH3 is 2. The van der Waals surface area contributed by atoms with E-state index in [-0.39, 0.29) is 42.4 Å². The maximum Gasteiger partial charge on any atom is 0.326 e. The van der Waals surface area contributed by atoms with Crippen LogP contribution < -0.4 is 10.6 Å². The van der Waals surface area contributed by atoms with E-state index in [9.17, 15) is 29.1 Å². The summed E-state index contributed by atoms with van der Waals surface area (Å²) in [6, 6.07) is 5.89. The second kappa shape index (κ2) is 20.5. The number of benzene rings is 1. The summed E-state index contributed by atoms with van der Waals surface area (Å²) in [4.78, 5) is 71.7. The molecule has 3 N–H and O–H groups in total. The molecule has 1 fully saturated rings. The summed E-state index contributed by atoms with van der Waals surface area (Å²) >= 11 is 0. The number of aliphatic carboxylic acids is 1. The first kappa shape index (κ1) is 43.6. The molecule has 0 radical (unpaired) electrons. The number of hydrogen-bond donors (Lipinski definition) is 3. The van der Waals surface area contributed by atoms with Crippen LogP contribution in [0.3, 0.4) is 0 Å². The normalized spacial score (nSPS) is 19.4. The molecular weight excluding hydrogens is 654 g/mol. The summed E-state index contributed by atoms with van der Waals surface area (Å²) in [7, 11) is 8.34. The predicted octanol–water partition coefficient (Wildman–Crippen LogP) is 2.81. The molecule has 0 aromatic heterocycles. The van der Waals surface area contributed by atoms with Crippen molar-refractivity contribution < 1.29 is 38.6 Å². The van der Waals surface area contributed by atoms with Crippen LogP contribution in [0.2, 0.25) is 0 Å². The smallest absolute Gasteiger partial charge is 0.326 e. The zero-order chi connectivity index (χ0) is 38.6. The Bertz CT molecular complexity index is 1290. The van der Waals surface area contributed by atoms with Gasteiger partial charge in [-0.25, -0.2) is 4.79 Å². The fourth-order valence-corrected chi connectivity index (χ4v) is 6.90. The van der Waals surface area contributed by atoms with Gasteiger partial charge in [0.15, 0.2) is 0 Å². The lowest BCUT2D eigenvalue weighted by Gasteiger charge is -2.41. The highest BCUT2D eigenvalue weighted by Crippen LogP contribution is 2.29. The van der Waals surface area contributed by atoms with Gasteiger partial charge in [0.25, 0.3) is 0 Å². The Morgan fingerprint density at radius 1 is 0.941 bits per heavy atom. The van der Waals surface area contributed by atoms with E-state index >= 15 is 0 Å². The lowest BCUT2D eigenvalue weighted by molar-refractivity contribution is -0.148. The van der Waals surface area contributed by atoms with E-state index in [1.54, 1.807) is 49.7 Å². The van der Waals surface area contributed by atoms with Gasteiger partial charge in [-0.15, -0.1) is 0 Å². The van der Waals surface area contributed by atoms with Crippen molar-refractivity contribution in [3.8, 4) is 0 Å². The number of carbonyl (C=O) groups is 5. The minimum Gasteiger partial charge on any atom is -0.480 e. The maximum atomic E-state index is 14.1. The summed E-state index contributed by atoms with van der Waals surface area (Å²) in [5.41, 5.74) is 0.785. The topological polar surface area (TPSA) is 158 Å². The number of likely N-dealkylation sites (N-methyl/N-ethyl adjacent to an activating group) is 2. The standard InChI is InChI=1S/C38H63N5O8/c1-12-24(4)33(42(9)37(47)32(23(2)3)40-36(46)26(6)41(7)8)30(50-10)22-31(44)43-20-16-19-29(43)34(51-11)25(5)35(45)39-28(38(48)49)21-27-17-14-13-15-18-27/h13-15,17-18,23-26,28-30,32-34H,12,16,19-22H2,1-11H3,(H,39,45)(H,40,46)(H,48,49)/t24-,25+,26-,28-,29-,30+,32-,33-,34+/m0/s1. The first-order chi connectivity index (χ1) is 24.0. The molecule has 1 aromatic carbocycles. The Hall–Kier alpha value is -3.55. The molecule has 13 nitrogen and oxygen atoms in total. The van der Waals surface area contributed by atoms with Crippen molar-refractivity contribution in [1.29, 1.82) is 0 Å². The first-order valence-electron chi connectivity index (χ1n) is 18.2. The summed E-state index contributed by atoms with van der Waals surface area (Å²) in [6.07, 6.45) is 0.834. The second-order valence-corrected chi connectivity index (χ2v) is 14.5. The van der Waals surface area contributed by atoms with Gasteiger partial charge in [-0.3, -0.25) is 24.1 Å². The van der Waals surface area contributed by atoms with Gasteiger partial charge >= 0.3 is 5.97 Å². The number of carboxylic acids is 1. The van der Waals surface area contributed by atoms with E-state index in [0.717, 1.165) is 12.0 Å². The van der Waals surface area contributed by atoms with Crippen molar-refractivity contribution in [2.24, 2.45) is 17.8 Å². The predicted molar refractivity (Wildman–Crippen MR) is 196 cm³/mol. The van der Waals surface area contributed by atoms with E-state index in [0.29, 0.717) is 19.4 Å². The number of carboxylic acid groups (broad SMARTS) is 1. The second-order valence-electron chi connectivity index (χ2n) is 14.5. The van der Waals surface area contributed by atoms with Gasteiger partial charge in [0, 0.05) is 34.2 Å². The number of hydrogen-bond acceptors (Lipinski definition) is 8. The molecule has 13 heteroatoms. The molecule has 1 saturated heterocycles. The number of nitrogens with one attached hydrogen (secondary N) is 2. The zero-order valence-corrected chi connectivity index (χ0v) is 32.5. The Morgan fingerprint density at radius 2 is 1.57 bits per heavy atom. The molecule has 2 rings (SSSR count). The van der Waals surface area contributed by atoms with Gasteiger partial charge in [-0.05, 0) is 51.3 Å². The average Bonchev–Trinajstić information content (AvgIpc) is 3.59. The number of carbonyl (C=O) groups excluding carboxylic acids is 4. The van der Waals surface area contributed by atoms with Gasteiger partial charge in [0.1, 0.15) is 12.1 Å². The Kier molecular flexibility index (Phi) is 17.5. The molecule has 0 spiro atoms. The van der Waals surface area contributed by atoms with Gasteiger partial charge in [-0.1, -0.05) is 71.4 Å². The lowest BCUT2D eigenvalue weighted by atomic mass is 9.89. The minimum absolute atomic E-state index is 0.00876. The lowest BCUT2D eigenvalue weighted by Crippen LogP contribution is -2.59. The van der Waals surface area contributed by atoms with E-state index < -0.39 is 60.2 Å². The molecule has 0 unspecified atom stereocenters. The molecule has 1 aromatic rings. The summed E-state index contributed by atoms with van der Waals surface area (Å²) in [5.74, 6) is -3.27. The van der Waals surface area contributed by atoms with Gasteiger partial charge < -0.3 is 35.0 Å². The number of amides is 4. The van der Waals surface area contributed by atoms with E-state index in [2.05, 4.69) is 10.6 Å². The number of rotatable bonds is 20. The summed E-state index contributed by atoms with van der Waals surface area (Å²) in [5, 5.41) is 15.5. The Labute approximate surface area is 304 Å². The molecule has 0 saturated carbocycles. The van der Waals surface area contributed by atoms with Gasteiger partial charge in [-0.2, -0.15) is 0 Å². The van der Waals surface area contributed by atoms with Crippen molar-refractivity contribution in [1.82, 2.24) is 25.3 Å². The SMILES string of the molecule is CC[C@H](C)[C@@H]([C@@H](CC(=O)N1CCC[C@H]1[C@H](OC)[C@@H](C)C(=O)N[C@@H](Cc1ccccc1)C(=O)O)OC)N(C)C(=O)[C@@H](NC(=O)[C@H](C)N(C)C)C(C)C. The molecule has 0 bridgehead atoms. The zero-order valence-electron chi connectivity index (χ0n) is 32.5. The third-order valence-electron chi connectivity index (χ3n) is 10.5. The third-order valence-corrected chi connectivity index (χ3v) is 10.5.